The smallest absolute Gasteiger partial charge is 0.200 e. The van der Waals surface area contributed by atoms with Crippen molar-refractivity contribution in [3.63, 3.8) is 0 Å². The molecule has 0 fully saturated rings. The minimum absolute atomic E-state index is 0.367. The van der Waals surface area contributed by atoms with Crippen molar-refractivity contribution in [1.29, 1.82) is 0 Å². The lowest BCUT2D eigenvalue weighted by Gasteiger charge is -2.41. The Hall–Kier alpha value is -1.31. The second kappa shape index (κ2) is 7.26. The molecule has 0 nitrogen and oxygen atoms in total. The van der Waals surface area contributed by atoms with Crippen LogP contribution in [0.2, 0.25) is 0 Å². The fourth-order valence-electron chi connectivity index (χ4n) is 1.63. The summed E-state index contributed by atoms with van der Waals surface area (Å²) >= 11 is 0. The highest BCUT2D eigenvalue weighted by atomic mass is 19.4. The van der Waals surface area contributed by atoms with Gasteiger partial charge in [0.1, 0.15) is 0 Å². The van der Waals surface area contributed by atoms with Gasteiger partial charge >= 0.3 is 41.6 Å². The van der Waals surface area contributed by atoms with Crippen molar-refractivity contribution in [2.24, 2.45) is 0 Å². The Bertz CT molecular complexity index is 555. The molecule has 0 spiro atoms. The highest BCUT2D eigenvalue weighted by Crippen LogP contribution is 2.61. The van der Waals surface area contributed by atoms with Crippen molar-refractivity contribution in [3.8, 4) is 0 Å². The Kier molecular flexibility index (Phi) is 6.91. The number of rotatable bonds is 9. The monoisotopic (exact) mass is 438 g/mol. The van der Waals surface area contributed by atoms with E-state index in [1.807, 2.05) is 0 Å². The number of allylic oxidation sites excluding steroid dienone is 1. The molecule has 27 heavy (non-hydrogen) atoms. The van der Waals surface area contributed by atoms with Gasteiger partial charge in [-0.25, -0.2) is 0 Å². The van der Waals surface area contributed by atoms with Crippen molar-refractivity contribution >= 4 is 0 Å². The summed E-state index contributed by atoms with van der Waals surface area (Å²) in [6.45, 7) is 1.07. The van der Waals surface area contributed by atoms with E-state index in [-0.39, 0.29) is 6.42 Å². The van der Waals surface area contributed by atoms with E-state index in [1.54, 1.807) is 0 Å². The van der Waals surface area contributed by atoms with E-state index < -0.39 is 60.3 Å². The van der Waals surface area contributed by atoms with Gasteiger partial charge in [-0.1, -0.05) is 13.3 Å². The average Bonchev–Trinajstić information content (AvgIpc) is 2.50. The van der Waals surface area contributed by atoms with Crippen LogP contribution in [0, 0.1) is 0 Å². The topological polar surface area (TPSA) is 0 Å². The van der Waals surface area contributed by atoms with Gasteiger partial charge in [0.25, 0.3) is 0 Å². The first kappa shape index (κ1) is 25.7. The maximum Gasteiger partial charge on any atom is 0.385 e. The summed E-state index contributed by atoms with van der Waals surface area (Å²) in [5, 5.41) is 0. The molecule has 0 aromatic rings. The van der Waals surface area contributed by atoms with Crippen molar-refractivity contribution < 1.29 is 65.9 Å². The van der Waals surface area contributed by atoms with Crippen molar-refractivity contribution in [1.82, 2.24) is 0 Å². The number of unbranched alkanes of at least 4 members (excludes halogenated alkanes) is 1. The summed E-state index contributed by atoms with van der Waals surface area (Å²) < 4.78 is 194. The van der Waals surface area contributed by atoms with Gasteiger partial charge in [0.15, 0.2) is 0 Å². The Labute approximate surface area is 141 Å². The summed E-state index contributed by atoms with van der Waals surface area (Å²) in [4.78, 5) is 0. The van der Waals surface area contributed by atoms with Crippen LogP contribution in [0.1, 0.15) is 26.2 Å². The van der Waals surface area contributed by atoms with Crippen LogP contribution < -0.4 is 0 Å². The molecule has 162 valence electrons. The summed E-state index contributed by atoms with van der Waals surface area (Å²) in [6, 6.07) is 0. The molecule has 15 heteroatoms. The molecule has 0 unspecified atom stereocenters. The number of alkyl halides is 12. The highest BCUT2D eigenvalue weighted by molar-refractivity contribution is 5.19. The van der Waals surface area contributed by atoms with Gasteiger partial charge in [-0.2, -0.15) is 65.9 Å². The predicted octanol–water partition coefficient (Wildman–Crippen LogP) is 7.07. The molecule has 0 bridgehead atoms. The number of hydrogen-bond acceptors (Lipinski definition) is 0. The third-order valence-electron chi connectivity index (χ3n) is 3.32. The molecule has 0 aromatic heterocycles. The zero-order valence-corrected chi connectivity index (χ0v) is 12.8. The van der Waals surface area contributed by atoms with Gasteiger partial charge in [0, 0.05) is 6.42 Å². The lowest BCUT2D eigenvalue weighted by molar-refractivity contribution is -0.422. The first-order chi connectivity index (χ1) is 11.7. The van der Waals surface area contributed by atoms with Crippen LogP contribution in [-0.2, 0) is 0 Å². The molecule has 0 saturated carbocycles. The summed E-state index contributed by atoms with van der Waals surface area (Å²) in [6.07, 6.45) is -7.93. The first-order valence-corrected chi connectivity index (χ1v) is 6.65. The molecular formula is C12H9F15. The minimum atomic E-state index is -8.07. The van der Waals surface area contributed by atoms with Crippen molar-refractivity contribution in [2.75, 3.05) is 0 Å². The van der Waals surface area contributed by atoms with E-state index in [2.05, 4.69) is 0 Å². The van der Waals surface area contributed by atoms with Gasteiger partial charge in [-0.15, -0.1) is 0 Å². The summed E-state index contributed by atoms with van der Waals surface area (Å²) in [7, 11) is 0. The standard InChI is InChI=1S/C12H9F15/c1-2-3-4-7(16,17)9(20,21)11(24,25)12(26,27)10(22,23)8(18,19)5(13)6(14)15/h2-4H2,1H3. The molecule has 0 aliphatic heterocycles. The van der Waals surface area contributed by atoms with E-state index in [0.717, 1.165) is 6.92 Å². The maximum absolute atomic E-state index is 13.3. The Morgan fingerprint density at radius 2 is 0.963 bits per heavy atom. The largest absolute Gasteiger partial charge is 0.385 e. The predicted molar refractivity (Wildman–Crippen MR) is 59.6 cm³/mol. The molecule has 0 radical (unpaired) electrons. The van der Waals surface area contributed by atoms with Crippen LogP contribution in [0.3, 0.4) is 0 Å². The van der Waals surface area contributed by atoms with Gasteiger partial charge < -0.3 is 0 Å². The maximum atomic E-state index is 13.3. The molecule has 0 aliphatic carbocycles. The lowest BCUT2D eigenvalue weighted by Crippen LogP contribution is -2.70. The van der Waals surface area contributed by atoms with E-state index in [9.17, 15) is 65.9 Å². The van der Waals surface area contributed by atoms with Crippen LogP contribution in [0.4, 0.5) is 65.9 Å². The summed E-state index contributed by atoms with van der Waals surface area (Å²) in [5.41, 5.74) is 0. The zero-order valence-electron chi connectivity index (χ0n) is 12.8. The van der Waals surface area contributed by atoms with E-state index >= 15 is 0 Å². The molecule has 0 atom stereocenters. The molecule has 0 aromatic carbocycles. The molecule has 0 saturated heterocycles. The van der Waals surface area contributed by atoms with Gasteiger partial charge in [-0.3, -0.25) is 0 Å². The highest BCUT2D eigenvalue weighted by Gasteiger charge is 2.90. The fraction of sp³-hybridized carbons (Fsp3) is 0.833. The Balaban J connectivity index is 6.43. The third-order valence-corrected chi connectivity index (χ3v) is 3.32. The van der Waals surface area contributed by atoms with Crippen molar-refractivity contribution in [2.45, 2.75) is 61.7 Å². The normalized spacial score (nSPS) is 15.1. The van der Waals surface area contributed by atoms with Crippen LogP contribution >= 0.6 is 0 Å². The molecular weight excluding hydrogens is 429 g/mol. The second-order valence-corrected chi connectivity index (χ2v) is 5.25. The molecule has 0 rings (SSSR count). The van der Waals surface area contributed by atoms with E-state index in [1.165, 1.54) is 0 Å². The average molecular weight is 438 g/mol. The van der Waals surface area contributed by atoms with Gasteiger partial charge in [-0.05, 0) is 6.42 Å². The quantitative estimate of drug-likeness (QED) is 0.338. The number of hydrogen-bond donors (Lipinski definition) is 0. The van der Waals surface area contributed by atoms with Gasteiger partial charge in [0.2, 0.25) is 5.83 Å². The van der Waals surface area contributed by atoms with Crippen LogP contribution in [0.15, 0.2) is 11.9 Å². The Morgan fingerprint density at radius 3 is 1.30 bits per heavy atom. The molecule has 0 heterocycles. The second-order valence-electron chi connectivity index (χ2n) is 5.25. The molecule has 0 amide bonds. The third kappa shape index (κ3) is 3.69. The first-order valence-electron chi connectivity index (χ1n) is 6.65. The van der Waals surface area contributed by atoms with E-state index in [4.69, 9.17) is 0 Å². The Morgan fingerprint density at radius 1 is 0.593 bits per heavy atom. The number of halogens is 15. The van der Waals surface area contributed by atoms with Crippen LogP contribution in [-0.4, -0.2) is 35.5 Å². The van der Waals surface area contributed by atoms with Crippen LogP contribution in [0.25, 0.3) is 0 Å². The zero-order chi connectivity index (χ0) is 22.3. The molecule has 0 N–H and O–H groups in total. The SMILES string of the molecule is CCCCC(F)(F)C(F)(F)C(F)(F)C(F)(F)C(F)(F)C(F)(F)C(F)=C(F)F. The lowest BCUT2D eigenvalue weighted by atomic mass is 9.89. The minimum Gasteiger partial charge on any atom is -0.200 e. The van der Waals surface area contributed by atoms with Crippen molar-refractivity contribution in [3.05, 3.63) is 11.9 Å². The molecule has 0 aliphatic rings. The van der Waals surface area contributed by atoms with E-state index in [0.29, 0.717) is 0 Å². The fourth-order valence-corrected chi connectivity index (χ4v) is 1.63. The summed E-state index contributed by atoms with van der Waals surface area (Å²) in [5.74, 6) is -49.4. The van der Waals surface area contributed by atoms with Crippen LogP contribution in [0.5, 0.6) is 0 Å². The van der Waals surface area contributed by atoms with Gasteiger partial charge in [0.05, 0.1) is 0 Å².